The number of rotatable bonds is 3. The molecule has 0 aromatic carbocycles. The molecule has 2 N–H and O–H groups in total. The van der Waals surface area contributed by atoms with Crippen LogP contribution in [0.15, 0.2) is 11.1 Å². The second-order valence-electron chi connectivity index (χ2n) is 11.0. The zero-order chi connectivity index (χ0) is 23.5. The van der Waals surface area contributed by atoms with Crippen molar-refractivity contribution < 1.29 is 38.8 Å². The maximum Gasteiger partial charge on any atom is 0.336 e. The monoisotopic (exact) mass is 448 g/mol. The van der Waals surface area contributed by atoms with Gasteiger partial charge in [0.25, 0.3) is 5.79 Å². The summed E-state index contributed by atoms with van der Waals surface area (Å²) in [4.78, 5) is 38.7. The molecule has 8 heteroatoms. The molecule has 6 rings (SSSR count). The van der Waals surface area contributed by atoms with Crippen LogP contribution in [0.3, 0.4) is 0 Å². The van der Waals surface area contributed by atoms with Crippen molar-refractivity contribution in [3.05, 3.63) is 11.1 Å². The SMILES string of the molecule is CC(=O)O[C@H]1C[C@@]2(O)C3(CC(=O)C4(C)[C@](OC(=O)C5=C(C)CCC5)(OC[C@@]42C)[C@@H]3O)[C@@H]1C. The van der Waals surface area contributed by atoms with Crippen LogP contribution >= 0.6 is 0 Å². The first-order valence-electron chi connectivity index (χ1n) is 11.5. The van der Waals surface area contributed by atoms with Crippen LogP contribution in [-0.4, -0.2) is 58.1 Å². The summed E-state index contributed by atoms with van der Waals surface area (Å²) in [6.45, 7) is 8.31. The number of hydrogen-bond donors (Lipinski definition) is 2. The predicted molar refractivity (Wildman–Crippen MR) is 110 cm³/mol. The molecule has 4 saturated carbocycles. The zero-order valence-corrected chi connectivity index (χ0v) is 19.3. The summed E-state index contributed by atoms with van der Waals surface area (Å²) < 4.78 is 17.6. The number of ether oxygens (including phenoxy) is 3. The Labute approximate surface area is 187 Å². The van der Waals surface area contributed by atoms with Crippen molar-refractivity contribution in [2.75, 3.05) is 6.61 Å². The summed E-state index contributed by atoms with van der Waals surface area (Å²) in [5.74, 6) is -3.74. The third-order valence-electron chi connectivity index (χ3n) is 10.1. The lowest BCUT2D eigenvalue weighted by molar-refractivity contribution is -0.369. The molecule has 0 amide bonds. The number of ketones is 1. The van der Waals surface area contributed by atoms with E-state index in [9.17, 15) is 24.6 Å². The van der Waals surface area contributed by atoms with Gasteiger partial charge in [-0.2, -0.15) is 0 Å². The van der Waals surface area contributed by atoms with E-state index < -0.39 is 57.7 Å². The number of fused-ring (bicyclic) bond motifs is 1. The molecule has 1 heterocycles. The smallest absolute Gasteiger partial charge is 0.336 e. The zero-order valence-electron chi connectivity index (χ0n) is 19.3. The first kappa shape index (κ1) is 22.0. The van der Waals surface area contributed by atoms with Crippen molar-refractivity contribution in [1.29, 1.82) is 0 Å². The number of aliphatic hydroxyl groups is 2. The van der Waals surface area contributed by atoms with Gasteiger partial charge in [-0.15, -0.1) is 0 Å². The summed E-state index contributed by atoms with van der Waals surface area (Å²) in [7, 11) is 0. The predicted octanol–water partition coefficient (Wildman–Crippen LogP) is 1.81. The third-order valence-corrected chi connectivity index (χ3v) is 10.1. The standard InChI is InChI=1S/C24H32O8/c1-12-7-6-8-15(12)18(27)32-24-19(28)22-10-17(26)21(24,5)20(4,11-30-24)23(22,29)9-16(13(22)2)31-14(3)25/h13,16,19,28-29H,6-11H2,1-5H3/t13-,16+,19-,20+,21?,22?,23+,24+/m1/s1. The number of allylic oxidation sites excluding steroid dienone is 1. The highest BCUT2D eigenvalue weighted by atomic mass is 16.7. The van der Waals surface area contributed by atoms with Crippen LogP contribution in [-0.2, 0) is 28.6 Å². The minimum Gasteiger partial charge on any atom is -0.462 e. The Morgan fingerprint density at radius 3 is 2.50 bits per heavy atom. The molecule has 176 valence electrons. The molecule has 1 aliphatic heterocycles. The van der Waals surface area contributed by atoms with Gasteiger partial charge in [-0.25, -0.2) is 4.79 Å². The van der Waals surface area contributed by atoms with Gasteiger partial charge < -0.3 is 24.4 Å². The lowest BCUT2D eigenvalue weighted by atomic mass is 9.35. The van der Waals surface area contributed by atoms with Crippen molar-refractivity contribution >= 4 is 17.7 Å². The normalized spacial score (nSPS) is 51.2. The number of Topliss-reactive ketones (excluding diaryl/α,β-unsaturated/α-hetero) is 1. The highest BCUT2D eigenvalue weighted by molar-refractivity contribution is 5.94. The average Bonchev–Trinajstić information content (AvgIpc) is 3.30. The van der Waals surface area contributed by atoms with E-state index in [2.05, 4.69) is 0 Å². The second kappa shape index (κ2) is 6.21. The van der Waals surface area contributed by atoms with Gasteiger partial charge >= 0.3 is 11.9 Å². The Morgan fingerprint density at radius 2 is 1.91 bits per heavy atom. The molecule has 5 aliphatic carbocycles. The summed E-state index contributed by atoms with van der Waals surface area (Å²) in [5, 5.41) is 24.1. The molecular weight excluding hydrogens is 416 g/mol. The molecule has 0 radical (unpaired) electrons. The molecule has 1 spiro atoms. The van der Waals surface area contributed by atoms with Crippen LogP contribution in [0, 0.1) is 22.2 Å². The third kappa shape index (κ3) is 2.00. The van der Waals surface area contributed by atoms with Gasteiger partial charge in [-0.05, 0) is 33.1 Å². The van der Waals surface area contributed by atoms with Gasteiger partial charge in [-0.3, -0.25) is 9.59 Å². The Kier molecular flexibility index (Phi) is 4.28. The Hall–Kier alpha value is -1.77. The number of esters is 2. The van der Waals surface area contributed by atoms with Crippen molar-refractivity contribution in [2.24, 2.45) is 22.2 Å². The lowest BCUT2D eigenvalue weighted by Gasteiger charge is -2.70. The van der Waals surface area contributed by atoms with Crippen LogP contribution in [0.25, 0.3) is 0 Å². The van der Waals surface area contributed by atoms with Crippen LogP contribution in [0.1, 0.15) is 66.7 Å². The van der Waals surface area contributed by atoms with Crippen molar-refractivity contribution in [3.8, 4) is 0 Å². The van der Waals surface area contributed by atoms with E-state index in [1.165, 1.54) is 6.92 Å². The van der Waals surface area contributed by atoms with E-state index in [-0.39, 0.29) is 25.2 Å². The Bertz CT molecular complexity index is 971. The number of aliphatic hydroxyl groups excluding tert-OH is 1. The molecule has 8 atom stereocenters. The topological polar surface area (TPSA) is 119 Å². The molecule has 0 aromatic heterocycles. The highest BCUT2D eigenvalue weighted by Gasteiger charge is 2.94. The van der Waals surface area contributed by atoms with Gasteiger partial charge in [0, 0.05) is 42.1 Å². The van der Waals surface area contributed by atoms with Crippen LogP contribution in [0.5, 0.6) is 0 Å². The fourth-order valence-corrected chi connectivity index (χ4v) is 7.99. The second-order valence-corrected chi connectivity index (χ2v) is 11.0. The molecule has 2 unspecified atom stereocenters. The van der Waals surface area contributed by atoms with E-state index in [1.54, 1.807) is 20.8 Å². The number of carbonyl (C=O) groups is 3. The van der Waals surface area contributed by atoms with Gasteiger partial charge in [0.1, 0.15) is 23.4 Å². The molecule has 0 aromatic rings. The Morgan fingerprint density at radius 1 is 1.22 bits per heavy atom. The quantitative estimate of drug-likeness (QED) is 0.628. The summed E-state index contributed by atoms with van der Waals surface area (Å²) in [6.07, 6.45) is 0.0945. The van der Waals surface area contributed by atoms with Crippen LogP contribution < -0.4 is 0 Å². The minimum absolute atomic E-state index is 0.0601. The molecular formula is C24H32O8. The number of hydrogen-bond acceptors (Lipinski definition) is 8. The van der Waals surface area contributed by atoms with E-state index in [1.807, 2.05) is 6.92 Å². The minimum atomic E-state index is -1.91. The first-order valence-corrected chi connectivity index (χ1v) is 11.5. The lowest BCUT2D eigenvalue weighted by Crippen LogP contribution is -2.84. The summed E-state index contributed by atoms with van der Waals surface area (Å²) in [6, 6.07) is 0. The molecule has 1 saturated heterocycles. The largest absolute Gasteiger partial charge is 0.462 e. The number of carbonyl (C=O) groups excluding carboxylic acids is 3. The van der Waals surface area contributed by atoms with E-state index >= 15 is 0 Å². The fourth-order valence-electron chi connectivity index (χ4n) is 7.99. The van der Waals surface area contributed by atoms with Gasteiger partial charge in [0.15, 0.2) is 0 Å². The fraction of sp³-hybridized carbons (Fsp3) is 0.792. The van der Waals surface area contributed by atoms with Crippen LogP contribution in [0.2, 0.25) is 0 Å². The highest BCUT2D eigenvalue weighted by Crippen LogP contribution is 2.80. The van der Waals surface area contributed by atoms with Crippen molar-refractivity contribution in [1.82, 2.24) is 0 Å². The van der Waals surface area contributed by atoms with Crippen molar-refractivity contribution in [3.63, 3.8) is 0 Å². The van der Waals surface area contributed by atoms with E-state index in [0.29, 0.717) is 12.0 Å². The molecule has 4 bridgehead atoms. The van der Waals surface area contributed by atoms with E-state index in [4.69, 9.17) is 14.2 Å². The molecule has 32 heavy (non-hydrogen) atoms. The maximum atomic E-state index is 13.7. The summed E-state index contributed by atoms with van der Waals surface area (Å²) in [5.41, 5.74) is -4.01. The molecule has 8 nitrogen and oxygen atoms in total. The first-order chi connectivity index (χ1) is 14.8. The molecule has 6 aliphatic rings. The van der Waals surface area contributed by atoms with E-state index in [0.717, 1.165) is 18.4 Å². The van der Waals surface area contributed by atoms with Gasteiger partial charge in [-0.1, -0.05) is 19.4 Å². The van der Waals surface area contributed by atoms with Crippen molar-refractivity contribution in [2.45, 2.75) is 90.3 Å². The maximum absolute atomic E-state index is 13.7. The summed E-state index contributed by atoms with van der Waals surface area (Å²) >= 11 is 0. The van der Waals surface area contributed by atoms with Gasteiger partial charge in [0.2, 0.25) is 0 Å². The van der Waals surface area contributed by atoms with Gasteiger partial charge in [0.05, 0.1) is 12.2 Å². The van der Waals surface area contributed by atoms with Crippen LogP contribution in [0.4, 0.5) is 0 Å². The molecule has 5 fully saturated rings. The Balaban J connectivity index is 1.67. The average molecular weight is 449 g/mol.